The van der Waals surface area contributed by atoms with Gasteiger partial charge in [0.25, 0.3) is 0 Å². The number of benzene rings is 1. The molecule has 7 rings (SSSR count). The normalized spacial score (nSPS) is 31.3. The van der Waals surface area contributed by atoms with E-state index in [0.29, 0.717) is 23.5 Å². The molecule has 0 amide bonds. The van der Waals surface area contributed by atoms with Gasteiger partial charge in [-0.1, -0.05) is 30.9 Å². The minimum absolute atomic E-state index is 0.128. The molecule has 0 radical (unpaired) electrons. The smallest absolute Gasteiger partial charge is 0.350 e. The molecule has 0 N–H and O–H groups in total. The number of pyridine rings is 1. The second-order valence-electron chi connectivity index (χ2n) is 13.9. The first-order valence-corrected chi connectivity index (χ1v) is 18.9. The van der Waals surface area contributed by atoms with Crippen molar-refractivity contribution >= 4 is 10.9 Å². The number of alkyl halides is 3. The molecule has 2 aromatic heterocycles. The van der Waals surface area contributed by atoms with E-state index in [1.54, 1.807) is 37.3 Å². The van der Waals surface area contributed by atoms with Crippen molar-refractivity contribution in [3.8, 4) is 0 Å². The van der Waals surface area contributed by atoms with Crippen molar-refractivity contribution in [1.82, 2.24) is 19.0 Å². The van der Waals surface area contributed by atoms with Crippen LogP contribution in [-0.2, 0) is 42.6 Å². The van der Waals surface area contributed by atoms with E-state index in [-0.39, 0.29) is 18.6 Å². The number of allylic oxidation sites excluding steroid dienone is 3. The molecule has 18 heteroatoms. The van der Waals surface area contributed by atoms with Crippen LogP contribution in [0.3, 0.4) is 0 Å². The van der Waals surface area contributed by atoms with Gasteiger partial charge in [0.05, 0.1) is 31.0 Å². The summed E-state index contributed by atoms with van der Waals surface area (Å²) in [5.41, 5.74) is 1.22. The second kappa shape index (κ2) is 21.3. The maximum atomic E-state index is 14.8. The van der Waals surface area contributed by atoms with E-state index in [2.05, 4.69) is 11.6 Å². The largest absolute Gasteiger partial charge is 0.382 e. The first-order chi connectivity index (χ1) is 28.4. The molecule has 3 aromatic rings. The van der Waals surface area contributed by atoms with Gasteiger partial charge in [0.2, 0.25) is 0 Å². The summed E-state index contributed by atoms with van der Waals surface area (Å²) in [6.07, 6.45) is 0.0207. The quantitative estimate of drug-likeness (QED) is 0.260. The van der Waals surface area contributed by atoms with Crippen molar-refractivity contribution in [3.63, 3.8) is 0 Å². The van der Waals surface area contributed by atoms with Gasteiger partial charge >= 0.3 is 5.69 Å². The van der Waals surface area contributed by atoms with Gasteiger partial charge in [-0.2, -0.15) is 4.98 Å². The Labute approximate surface area is 340 Å². The third-order valence-electron chi connectivity index (χ3n) is 10.3. The molecular weight excluding hydrogens is 781 g/mol. The Balaban J connectivity index is 0.000000170. The van der Waals surface area contributed by atoms with Crippen molar-refractivity contribution in [2.45, 2.75) is 80.7 Å². The zero-order valence-electron chi connectivity index (χ0n) is 34.1. The van der Waals surface area contributed by atoms with Crippen molar-refractivity contribution in [1.29, 1.82) is 0 Å². The molecule has 12 atom stereocenters. The number of ether oxygens (including phenoxy) is 9. The van der Waals surface area contributed by atoms with Crippen LogP contribution < -0.4 is 11.1 Å². The molecule has 3 saturated heterocycles. The average Bonchev–Trinajstić information content (AvgIpc) is 3.84. The molecule has 6 heterocycles. The van der Waals surface area contributed by atoms with Crippen molar-refractivity contribution < 1.29 is 55.8 Å². The summed E-state index contributed by atoms with van der Waals surface area (Å²) >= 11 is 0. The Hall–Kier alpha value is -4.24. The minimum Gasteiger partial charge on any atom is -0.382 e. The lowest BCUT2D eigenvalue weighted by Crippen LogP contribution is -2.39. The van der Waals surface area contributed by atoms with E-state index in [1.807, 2.05) is 30.4 Å². The highest BCUT2D eigenvalue weighted by Gasteiger charge is 2.49. The number of nitrogens with zero attached hydrogens (tertiary/aromatic N) is 4. The summed E-state index contributed by atoms with van der Waals surface area (Å²) in [5, 5.41) is 0.784. The molecule has 4 aliphatic heterocycles. The number of hydrogen-bond acceptors (Lipinski definition) is 13. The van der Waals surface area contributed by atoms with Gasteiger partial charge in [-0.15, -0.1) is 0 Å². The van der Waals surface area contributed by atoms with E-state index >= 15 is 0 Å². The Morgan fingerprint density at radius 3 is 1.71 bits per heavy atom. The third kappa shape index (κ3) is 10.2. The summed E-state index contributed by atoms with van der Waals surface area (Å²) < 4.78 is 93.7. The van der Waals surface area contributed by atoms with Gasteiger partial charge in [-0.3, -0.25) is 9.36 Å². The lowest BCUT2D eigenvalue weighted by Gasteiger charge is -2.30. The molecule has 324 valence electrons. The fraction of sp³-hybridized carbons (Fsp3) is 0.537. The zero-order chi connectivity index (χ0) is 42.8. The third-order valence-corrected chi connectivity index (χ3v) is 10.3. The summed E-state index contributed by atoms with van der Waals surface area (Å²) in [6.45, 7) is 6.36. The van der Waals surface area contributed by atoms with Crippen LogP contribution in [0.25, 0.3) is 10.9 Å². The first kappa shape index (κ1) is 45.8. The SMILES string of the molecule is C=C1C=CC=CN1[C@@H]1O[C@H](COC)[C@@H](OC)[C@H]1F.COC[C@H]1O[C@@H](n2c(=O)nc(C)c3ccccc32)[C@H](F)[C@@H]1OC.COC[C@H]1O[C@@H](n2ccc(=O)cc2)[C@H](F)[C@@H]1OC. The molecule has 59 heavy (non-hydrogen) atoms. The number of hydrogen-bond donors (Lipinski definition) is 0. The fourth-order valence-electron chi connectivity index (χ4n) is 7.42. The van der Waals surface area contributed by atoms with Crippen LogP contribution in [0, 0.1) is 6.92 Å². The summed E-state index contributed by atoms with van der Waals surface area (Å²) in [7, 11) is 8.92. The Bertz CT molecular complexity index is 2000. The fourth-order valence-corrected chi connectivity index (χ4v) is 7.42. The van der Waals surface area contributed by atoms with Crippen molar-refractivity contribution in [2.75, 3.05) is 62.5 Å². The van der Waals surface area contributed by atoms with E-state index in [1.165, 1.54) is 69.2 Å². The predicted octanol–water partition coefficient (Wildman–Crippen LogP) is 3.96. The summed E-state index contributed by atoms with van der Waals surface area (Å²) in [5.74, 6) is 0. The van der Waals surface area contributed by atoms with Crippen molar-refractivity contribution in [2.24, 2.45) is 0 Å². The number of fused-ring (bicyclic) bond motifs is 1. The number of para-hydroxylation sites is 1. The number of aromatic nitrogens is 3. The second-order valence-corrected chi connectivity index (χ2v) is 13.9. The van der Waals surface area contributed by atoms with E-state index in [9.17, 15) is 22.8 Å². The summed E-state index contributed by atoms with van der Waals surface area (Å²) in [6, 6.07) is 9.96. The maximum Gasteiger partial charge on any atom is 0.350 e. The standard InChI is InChI=1S/C16H19FN2O4.C13H18FNO3.C12H16FNO4/c1-9-10-6-4-5-7-11(10)19(16(20)18-9)15-13(17)14(22-3)12(23-15)8-21-2;1-9-6-4-5-7-15(9)13-11(14)12(17-3)10(18-13)8-16-2;1-16-7-9-11(17-2)10(13)12(18-9)14-5-3-8(15)4-6-14/h4-7,12-15H,8H2,1-3H3;4-7,10-13H,1,8H2,2-3H3;3-6,9-12H,7H2,1-2H3/t12-,13-,14-,15-;10-,11-,12-,13-;9-,10-,11-,12-/m111/s1. The molecule has 4 aliphatic rings. The molecule has 0 bridgehead atoms. The monoisotopic (exact) mass is 834 g/mol. The highest BCUT2D eigenvalue weighted by atomic mass is 19.1. The van der Waals surface area contributed by atoms with E-state index < -0.39 is 79.5 Å². The molecule has 0 saturated carbocycles. The van der Waals surface area contributed by atoms with E-state index in [4.69, 9.17) is 42.6 Å². The molecule has 0 aliphatic carbocycles. The molecule has 0 spiro atoms. The van der Waals surface area contributed by atoms with Crippen LogP contribution in [0.1, 0.15) is 18.1 Å². The maximum absolute atomic E-state index is 14.8. The van der Waals surface area contributed by atoms with Crippen molar-refractivity contribution in [3.05, 3.63) is 112 Å². The molecule has 1 aromatic carbocycles. The highest BCUT2D eigenvalue weighted by molar-refractivity contribution is 5.81. The minimum atomic E-state index is -1.49. The van der Waals surface area contributed by atoms with Gasteiger partial charge in [0, 0.05) is 84.5 Å². The van der Waals surface area contributed by atoms with Gasteiger partial charge < -0.3 is 52.1 Å². The zero-order valence-corrected chi connectivity index (χ0v) is 34.1. The van der Waals surface area contributed by atoms with Crippen LogP contribution in [0.15, 0.2) is 95.1 Å². The van der Waals surface area contributed by atoms with Crippen LogP contribution in [0.5, 0.6) is 0 Å². The van der Waals surface area contributed by atoms with E-state index in [0.717, 1.165) is 5.39 Å². The Morgan fingerprint density at radius 2 is 1.19 bits per heavy atom. The first-order valence-electron chi connectivity index (χ1n) is 18.9. The van der Waals surface area contributed by atoms with Crippen LogP contribution in [-0.4, -0.2) is 143 Å². The molecule has 0 unspecified atom stereocenters. The van der Waals surface area contributed by atoms with Crippen LogP contribution >= 0.6 is 0 Å². The van der Waals surface area contributed by atoms with Crippen LogP contribution in [0.2, 0.25) is 0 Å². The molecule has 15 nitrogen and oxygen atoms in total. The number of aryl methyl sites for hydroxylation is 1. The Kier molecular flexibility index (Phi) is 16.6. The Morgan fingerprint density at radius 1 is 0.695 bits per heavy atom. The van der Waals surface area contributed by atoms with Gasteiger partial charge in [-0.25, -0.2) is 18.0 Å². The average molecular weight is 835 g/mol. The van der Waals surface area contributed by atoms with Gasteiger partial charge in [0.1, 0.15) is 36.6 Å². The number of methoxy groups -OCH3 is 6. The topological polar surface area (TPSA) is 143 Å². The van der Waals surface area contributed by atoms with Gasteiger partial charge in [-0.05, 0) is 25.1 Å². The lowest BCUT2D eigenvalue weighted by molar-refractivity contribution is -0.0705. The highest BCUT2D eigenvalue weighted by Crippen LogP contribution is 2.36. The lowest BCUT2D eigenvalue weighted by atomic mass is 10.1. The van der Waals surface area contributed by atoms with Gasteiger partial charge in [0.15, 0.2) is 42.6 Å². The van der Waals surface area contributed by atoms with Crippen LogP contribution in [0.4, 0.5) is 13.2 Å². The molecular formula is C41H53F3N4O11. The number of rotatable bonds is 12. The number of halogens is 3. The predicted molar refractivity (Wildman–Crippen MR) is 210 cm³/mol. The summed E-state index contributed by atoms with van der Waals surface area (Å²) in [4.78, 5) is 29.1. The molecule has 3 fully saturated rings.